The quantitative estimate of drug-likeness (QED) is 0.915. The van der Waals surface area contributed by atoms with Crippen molar-refractivity contribution < 1.29 is 14.6 Å². The number of nitrogens with zero attached hydrogens (tertiary/aromatic N) is 1. The van der Waals surface area contributed by atoms with E-state index in [2.05, 4.69) is 0 Å². The van der Waals surface area contributed by atoms with Gasteiger partial charge in [0.25, 0.3) is 0 Å². The molecule has 0 bridgehead atoms. The van der Waals surface area contributed by atoms with Crippen LogP contribution in [0.25, 0.3) is 11.1 Å². The van der Waals surface area contributed by atoms with Crippen LogP contribution in [0, 0.1) is 12.8 Å². The fourth-order valence-corrected chi connectivity index (χ4v) is 3.10. The molecule has 2 aromatic carbocycles. The number of phenolic OH excluding ortho intramolecular Hbond substituents is 1. The lowest BCUT2D eigenvalue weighted by Crippen LogP contribution is -2.35. The van der Waals surface area contributed by atoms with Gasteiger partial charge in [-0.2, -0.15) is 0 Å². The van der Waals surface area contributed by atoms with Crippen LogP contribution in [0.4, 0.5) is 0 Å². The van der Waals surface area contributed by atoms with Crippen molar-refractivity contribution in [3.63, 3.8) is 0 Å². The first kappa shape index (κ1) is 16.4. The number of aryl methyl sites for hydroxylation is 1. The number of phenols is 1. The normalized spacial score (nSPS) is 14.1. The van der Waals surface area contributed by atoms with E-state index in [-0.39, 0.29) is 17.6 Å². The Kier molecular flexibility index (Phi) is 4.47. The van der Waals surface area contributed by atoms with E-state index < -0.39 is 0 Å². The van der Waals surface area contributed by atoms with Gasteiger partial charge in [0.1, 0.15) is 6.61 Å². The highest BCUT2D eigenvalue weighted by atomic mass is 16.5. The average Bonchev–Trinajstić information content (AvgIpc) is 2.77. The van der Waals surface area contributed by atoms with Crippen molar-refractivity contribution in [1.82, 2.24) is 4.90 Å². The molecule has 1 amide bonds. The van der Waals surface area contributed by atoms with Gasteiger partial charge in [0.15, 0.2) is 11.5 Å². The highest BCUT2D eigenvalue weighted by Crippen LogP contribution is 2.38. The van der Waals surface area contributed by atoms with E-state index in [9.17, 15) is 9.90 Å². The maximum atomic E-state index is 12.4. The summed E-state index contributed by atoms with van der Waals surface area (Å²) in [4.78, 5) is 14.2. The van der Waals surface area contributed by atoms with Gasteiger partial charge in [-0.25, -0.2) is 0 Å². The molecule has 1 N–H and O–H groups in total. The number of carbonyl (C=O) groups is 1. The Balaban J connectivity index is 2.03. The number of aromatic hydroxyl groups is 1. The molecule has 4 nitrogen and oxygen atoms in total. The summed E-state index contributed by atoms with van der Waals surface area (Å²) >= 11 is 0. The lowest BCUT2D eigenvalue weighted by molar-refractivity contribution is -0.135. The Morgan fingerprint density at radius 1 is 1.25 bits per heavy atom. The fraction of sp³-hybridized carbons (Fsp3) is 0.350. The van der Waals surface area contributed by atoms with Crippen molar-refractivity contribution in [3.05, 3.63) is 47.5 Å². The summed E-state index contributed by atoms with van der Waals surface area (Å²) in [6, 6.07) is 11.8. The van der Waals surface area contributed by atoms with Crippen molar-refractivity contribution in [1.29, 1.82) is 0 Å². The van der Waals surface area contributed by atoms with Gasteiger partial charge < -0.3 is 14.7 Å². The highest BCUT2D eigenvalue weighted by Gasteiger charge is 2.24. The van der Waals surface area contributed by atoms with Gasteiger partial charge in [0.05, 0.1) is 6.54 Å². The van der Waals surface area contributed by atoms with Crippen LogP contribution in [0.1, 0.15) is 25.0 Å². The first-order valence-electron chi connectivity index (χ1n) is 8.31. The van der Waals surface area contributed by atoms with Gasteiger partial charge in [-0.05, 0) is 35.7 Å². The van der Waals surface area contributed by atoms with Crippen LogP contribution >= 0.6 is 0 Å². The van der Waals surface area contributed by atoms with Crippen LogP contribution in [0.5, 0.6) is 11.5 Å². The summed E-state index contributed by atoms with van der Waals surface area (Å²) < 4.78 is 5.72. The zero-order valence-corrected chi connectivity index (χ0v) is 14.4. The van der Waals surface area contributed by atoms with Crippen LogP contribution in [0.2, 0.25) is 0 Å². The Morgan fingerprint density at radius 2 is 2.00 bits per heavy atom. The minimum absolute atomic E-state index is 0.0558. The number of hydrogen-bond donors (Lipinski definition) is 1. The van der Waals surface area contributed by atoms with E-state index in [1.54, 1.807) is 11.0 Å². The molecule has 0 aromatic heterocycles. The van der Waals surface area contributed by atoms with Crippen molar-refractivity contribution in [2.75, 3.05) is 13.2 Å². The summed E-state index contributed by atoms with van der Waals surface area (Å²) in [6.07, 6.45) is 0. The average molecular weight is 325 g/mol. The monoisotopic (exact) mass is 325 g/mol. The van der Waals surface area contributed by atoms with E-state index in [4.69, 9.17) is 4.74 Å². The van der Waals surface area contributed by atoms with Gasteiger partial charge in [-0.3, -0.25) is 4.79 Å². The predicted octanol–water partition coefficient (Wildman–Crippen LogP) is 3.74. The molecule has 0 saturated carbocycles. The third-order valence-electron chi connectivity index (χ3n) is 4.38. The predicted molar refractivity (Wildman–Crippen MR) is 94.0 cm³/mol. The smallest absolute Gasteiger partial charge is 0.225 e. The lowest BCUT2D eigenvalue weighted by atomic mass is 9.97. The Morgan fingerprint density at radius 3 is 2.71 bits per heavy atom. The maximum Gasteiger partial charge on any atom is 0.225 e. The van der Waals surface area contributed by atoms with Gasteiger partial charge >= 0.3 is 0 Å². The molecule has 24 heavy (non-hydrogen) atoms. The molecule has 3 rings (SSSR count). The molecule has 1 heterocycles. The molecule has 0 saturated heterocycles. The second kappa shape index (κ2) is 6.56. The lowest BCUT2D eigenvalue weighted by Gasteiger charge is -2.22. The number of benzene rings is 2. The number of fused-ring (bicyclic) bond motifs is 1. The zero-order valence-electron chi connectivity index (χ0n) is 14.4. The SMILES string of the molecule is Cc1ccccc1-c1cc(O)c2c(c1)CN(C(=O)C(C)C)CCO2. The number of ether oxygens (including phenoxy) is 1. The molecule has 0 unspecified atom stereocenters. The highest BCUT2D eigenvalue weighted by molar-refractivity contribution is 5.79. The second-order valence-corrected chi connectivity index (χ2v) is 6.56. The first-order chi connectivity index (χ1) is 11.5. The summed E-state index contributed by atoms with van der Waals surface area (Å²) in [5, 5.41) is 10.4. The van der Waals surface area contributed by atoms with E-state index in [0.717, 1.165) is 22.3 Å². The Labute approximate surface area is 142 Å². The molecule has 1 aliphatic heterocycles. The summed E-state index contributed by atoms with van der Waals surface area (Å²) in [5.74, 6) is 0.669. The molecule has 0 spiro atoms. The topological polar surface area (TPSA) is 49.8 Å². The summed E-state index contributed by atoms with van der Waals surface area (Å²) in [6.45, 7) is 7.22. The Hall–Kier alpha value is -2.49. The number of carbonyl (C=O) groups excluding carboxylic acids is 1. The minimum atomic E-state index is -0.0558. The molecule has 0 radical (unpaired) electrons. The minimum Gasteiger partial charge on any atom is -0.504 e. The van der Waals surface area contributed by atoms with E-state index in [1.807, 2.05) is 51.1 Å². The van der Waals surface area contributed by atoms with Crippen molar-refractivity contribution >= 4 is 5.91 Å². The van der Waals surface area contributed by atoms with Gasteiger partial charge in [0.2, 0.25) is 5.91 Å². The summed E-state index contributed by atoms with van der Waals surface area (Å²) in [5.41, 5.74) is 4.00. The number of amides is 1. The molecule has 4 heteroatoms. The molecule has 1 aliphatic rings. The van der Waals surface area contributed by atoms with Gasteiger partial charge in [-0.1, -0.05) is 38.1 Å². The molecule has 2 aromatic rings. The van der Waals surface area contributed by atoms with Crippen molar-refractivity contribution in [2.45, 2.75) is 27.3 Å². The third-order valence-corrected chi connectivity index (χ3v) is 4.38. The van der Waals surface area contributed by atoms with Crippen molar-refractivity contribution in [3.8, 4) is 22.6 Å². The first-order valence-corrected chi connectivity index (χ1v) is 8.31. The van der Waals surface area contributed by atoms with Gasteiger partial charge in [-0.15, -0.1) is 0 Å². The van der Waals surface area contributed by atoms with E-state index >= 15 is 0 Å². The van der Waals surface area contributed by atoms with E-state index in [0.29, 0.717) is 25.4 Å². The standard InChI is InChI=1S/C20H23NO3/c1-13(2)20(23)21-8-9-24-19-16(12-21)10-15(11-18(19)22)17-7-5-4-6-14(17)3/h4-7,10-11,13,22H,8-9,12H2,1-3H3. The van der Waals surface area contributed by atoms with Crippen molar-refractivity contribution in [2.24, 2.45) is 5.92 Å². The Bertz CT molecular complexity index is 767. The largest absolute Gasteiger partial charge is 0.504 e. The van der Waals surface area contributed by atoms with Crippen LogP contribution < -0.4 is 4.74 Å². The molecule has 126 valence electrons. The molecular formula is C20H23NO3. The van der Waals surface area contributed by atoms with Crippen LogP contribution in [0.3, 0.4) is 0 Å². The second-order valence-electron chi connectivity index (χ2n) is 6.56. The van der Waals surface area contributed by atoms with Gasteiger partial charge in [0, 0.05) is 18.0 Å². The molecular weight excluding hydrogens is 302 g/mol. The number of hydrogen-bond acceptors (Lipinski definition) is 3. The molecule has 0 aliphatic carbocycles. The fourth-order valence-electron chi connectivity index (χ4n) is 3.10. The third kappa shape index (κ3) is 3.09. The molecule has 0 fully saturated rings. The number of rotatable bonds is 2. The van der Waals surface area contributed by atoms with Crippen LogP contribution in [0.15, 0.2) is 36.4 Å². The van der Waals surface area contributed by atoms with Crippen LogP contribution in [-0.4, -0.2) is 29.1 Å². The summed E-state index contributed by atoms with van der Waals surface area (Å²) in [7, 11) is 0. The maximum absolute atomic E-state index is 12.4. The van der Waals surface area contributed by atoms with E-state index in [1.165, 1.54) is 0 Å². The molecule has 0 atom stereocenters. The van der Waals surface area contributed by atoms with Crippen LogP contribution in [-0.2, 0) is 11.3 Å². The zero-order chi connectivity index (χ0) is 17.3.